The molecule has 0 aliphatic carbocycles. The third kappa shape index (κ3) is 2.69. The predicted octanol–water partition coefficient (Wildman–Crippen LogP) is 0.146. The summed E-state index contributed by atoms with van der Waals surface area (Å²) in [5, 5.41) is 12.3. The number of rotatable bonds is 5. The lowest BCUT2D eigenvalue weighted by Gasteiger charge is -2.10. The highest BCUT2D eigenvalue weighted by molar-refractivity contribution is 5.86. The normalized spacial score (nSPS) is 12.6. The fourth-order valence-corrected chi connectivity index (χ4v) is 1.94. The Morgan fingerprint density at radius 1 is 1.44 bits per heavy atom. The molecule has 2 rings (SSSR count). The minimum atomic E-state index is -0.601. The second kappa shape index (κ2) is 5.66. The maximum absolute atomic E-state index is 11.6. The molecule has 0 fully saturated rings. The Labute approximate surface area is 105 Å². The van der Waals surface area contributed by atoms with Crippen LogP contribution < -0.4 is 11.1 Å². The van der Waals surface area contributed by atoms with Crippen molar-refractivity contribution in [3.63, 3.8) is 0 Å². The summed E-state index contributed by atoms with van der Waals surface area (Å²) in [7, 11) is 0. The molecule has 1 aromatic heterocycles. The average Bonchev–Trinajstić information content (AvgIpc) is 2.79. The molecule has 1 atom stereocenters. The highest BCUT2D eigenvalue weighted by atomic mass is 16.3. The van der Waals surface area contributed by atoms with E-state index in [4.69, 9.17) is 10.8 Å². The van der Waals surface area contributed by atoms with Gasteiger partial charge in [-0.15, -0.1) is 0 Å². The number of amides is 1. The molecule has 1 amide bonds. The zero-order valence-corrected chi connectivity index (χ0v) is 10.0. The number of aliphatic hydroxyl groups is 1. The highest BCUT2D eigenvalue weighted by Gasteiger charge is 2.15. The van der Waals surface area contributed by atoms with Crippen LogP contribution in [0.2, 0.25) is 0 Å². The van der Waals surface area contributed by atoms with E-state index in [1.165, 1.54) is 0 Å². The van der Waals surface area contributed by atoms with Gasteiger partial charge in [-0.05, 0) is 18.1 Å². The van der Waals surface area contributed by atoms with E-state index < -0.39 is 6.04 Å². The van der Waals surface area contributed by atoms with Crippen LogP contribution in [0.25, 0.3) is 10.9 Å². The molecule has 0 radical (unpaired) electrons. The Balaban J connectivity index is 2.07. The molecule has 1 aromatic carbocycles. The van der Waals surface area contributed by atoms with Gasteiger partial charge in [-0.2, -0.15) is 0 Å². The third-order valence-electron chi connectivity index (χ3n) is 2.86. The number of aliphatic hydroxyl groups excluding tert-OH is 1. The quantitative estimate of drug-likeness (QED) is 0.606. The van der Waals surface area contributed by atoms with Crippen LogP contribution in [-0.4, -0.2) is 35.2 Å². The lowest BCUT2D eigenvalue weighted by atomic mass is 10.1. The fraction of sp³-hybridized carbons (Fsp3) is 0.308. The number of fused-ring (bicyclic) bond motifs is 1. The number of carbonyl (C=O) groups excluding carboxylic acids is 1. The number of nitrogens with one attached hydrogen (secondary N) is 2. The molecule has 2 aromatic rings. The summed E-state index contributed by atoms with van der Waals surface area (Å²) in [5.41, 5.74) is 7.90. The summed E-state index contributed by atoms with van der Waals surface area (Å²) < 4.78 is 0. The van der Waals surface area contributed by atoms with E-state index in [2.05, 4.69) is 10.3 Å². The number of hydrogen-bond acceptors (Lipinski definition) is 3. The Bertz CT molecular complexity index is 536. The van der Waals surface area contributed by atoms with Crippen molar-refractivity contribution in [2.45, 2.75) is 12.5 Å². The molecule has 0 spiro atoms. The zero-order valence-electron chi connectivity index (χ0n) is 10.0. The first kappa shape index (κ1) is 12.6. The SMILES string of the molecule is N[C@@H](Cc1c[nH]c2ccccc12)C(=O)NCCO. The van der Waals surface area contributed by atoms with Crippen molar-refractivity contribution in [2.24, 2.45) is 5.73 Å². The van der Waals surface area contributed by atoms with Crippen LogP contribution >= 0.6 is 0 Å². The van der Waals surface area contributed by atoms with Gasteiger partial charge in [0.05, 0.1) is 12.6 Å². The molecule has 5 nitrogen and oxygen atoms in total. The molecule has 0 bridgehead atoms. The fourth-order valence-electron chi connectivity index (χ4n) is 1.94. The molecule has 0 saturated carbocycles. The Kier molecular flexibility index (Phi) is 3.96. The van der Waals surface area contributed by atoms with Crippen LogP contribution in [0.4, 0.5) is 0 Å². The number of carbonyl (C=O) groups is 1. The van der Waals surface area contributed by atoms with Crippen molar-refractivity contribution in [3.8, 4) is 0 Å². The van der Waals surface area contributed by atoms with Crippen LogP contribution in [0.3, 0.4) is 0 Å². The number of hydrogen-bond donors (Lipinski definition) is 4. The number of aromatic amines is 1. The molecular formula is C13H17N3O2. The van der Waals surface area contributed by atoms with Gasteiger partial charge in [0.15, 0.2) is 0 Å². The van der Waals surface area contributed by atoms with Gasteiger partial charge in [-0.3, -0.25) is 4.79 Å². The van der Waals surface area contributed by atoms with E-state index >= 15 is 0 Å². The van der Waals surface area contributed by atoms with Crippen LogP contribution in [0.1, 0.15) is 5.56 Å². The van der Waals surface area contributed by atoms with Gasteiger partial charge in [0.25, 0.3) is 0 Å². The molecule has 0 unspecified atom stereocenters. The van der Waals surface area contributed by atoms with E-state index in [1.807, 2.05) is 30.5 Å². The van der Waals surface area contributed by atoms with Crippen molar-refractivity contribution < 1.29 is 9.90 Å². The first-order valence-corrected chi connectivity index (χ1v) is 5.91. The monoisotopic (exact) mass is 247 g/mol. The molecule has 5 N–H and O–H groups in total. The van der Waals surface area contributed by atoms with Crippen LogP contribution in [-0.2, 0) is 11.2 Å². The molecular weight excluding hydrogens is 230 g/mol. The average molecular weight is 247 g/mol. The number of para-hydroxylation sites is 1. The second-order valence-corrected chi connectivity index (χ2v) is 4.18. The Hall–Kier alpha value is -1.85. The van der Waals surface area contributed by atoms with Crippen molar-refractivity contribution in [1.82, 2.24) is 10.3 Å². The van der Waals surface area contributed by atoms with Crippen molar-refractivity contribution in [3.05, 3.63) is 36.0 Å². The summed E-state index contributed by atoms with van der Waals surface area (Å²) in [6.45, 7) is 0.159. The van der Waals surface area contributed by atoms with Crippen molar-refractivity contribution in [1.29, 1.82) is 0 Å². The zero-order chi connectivity index (χ0) is 13.0. The van der Waals surface area contributed by atoms with E-state index in [-0.39, 0.29) is 19.1 Å². The molecule has 18 heavy (non-hydrogen) atoms. The van der Waals surface area contributed by atoms with E-state index in [1.54, 1.807) is 0 Å². The first-order chi connectivity index (χ1) is 8.72. The van der Waals surface area contributed by atoms with E-state index in [0.717, 1.165) is 16.5 Å². The van der Waals surface area contributed by atoms with Crippen LogP contribution in [0.15, 0.2) is 30.5 Å². The maximum Gasteiger partial charge on any atom is 0.237 e. The van der Waals surface area contributed by atoms with Gasteiger partial charge in [0, 0.05) is 23.6 Å². The summed E-state index contributed by atoms with van der Waals surface area (Å²) in [6, 6.07) is 7.29. The largest absolute Gasteiger partial charge is 0.395 e. The molecule has 0 aliphatic heterocycles. The first-order valence-electron chi connectivity index (χ1n) is 5.91. The Morgan fingerprint density at radius 3 is 3.00 bits per heavy atom. The lowest BCUT2D eigenvalue weighted by Crippen LogP contribution is -2.42. The molecule has 96 valence electrons. The van der Waals surface area contributed by atoms with Crippen molar-refractivity contribution in [2.75, 3.05) is 13.2 Å². The smallest absolute Gasteiger partial charge is 0.237 e. The Morgan fingerprint density at radius 2 is 2.22 bits per heavy atom. The summed E-state index contributed by atoms with van der Waals surface area (Å²) in [6.07, 6.45) is 2.35. The van der Waals surface area contributed by atoms with Crippen LogP contribution in [0.5, 0.6) is 0 Å². The second-order valence-electron chi connectivity index (χ2n) is 4.18. The summed E-state index contributed by atoms with van der Waals surface area (Å²) in [4.78, 5) is 14.8. The number of H-pyrrole nitrogens is 1. The summed E-state index contributed by atoms with van der Waals surface area (Å²) in [5.74, 6) is -0.241. The number of nitrogens with two attached hydrogens (primary N) is 1. The van der Waals surface area contributed by atoms with E-state index in [0.29, 0.717) is 6.42 Å². The van der Waals surface area contributed by atoms with Gasteiger partial charge < -0.3 is 21.1 Å². The van der Waals surface area contributed by atoms with E-state index in [9.17, 15) is 4.79 Å². The lowest BCUT2D eigenvalue weighted by molar-refractivity contribution is -0.122. The van der Waals surface area contributed by atoms with Crippen LogP contribution in [0, 0.1) is 0 Å². The maximum atomic E-state index is 11.6. The summed E-state index contributed by atoms with van der Waals surface area (Å²) >= 11 is 0. The third-order valence-corrected chi connectivity index (χ3v) is 2.86. The standard InChI is InChI=1S/C13H17N3O2/c14-11(13(18)15-5-6-17)7-9-8-16-12-4-2-1-3-10(9)12/h1-4,8,11,16-17H,5-7,14H2,(H,15,18)/t11-/m0/s1. The van der Waals surface area contributed by atoms with Gasteiger partial charge in [-0.25, -0.2) is 0 Å². The molecule has 0 aliphatic rings. The number of benzene rings is 1. The minimum absolute atomic E-state index is 0.0778. The number of aromatic nitrogens is 1. The van der Waals surface area contributed by atoms with Gasteiger partial charge in [0.1, 0.15) is 0 Å². The van der Waals surface area contributed by atoms with Crippen molar-refractivity contribution >= 4 is 16.8 Å². The van der Waals surface area contributed by atoms with Gasteiger partial charge in [0.2, 0.25) is 5.91 Å². The molecule has 0 saturated heterocycles. The minimum Gasteiger partial charge on any atom is -0.395 e. The predicted molar refractivity (Wildman–Crippen MR) is 70.1 cm³/mol. The van der Waals surface area contributed by atoms with Gasteiger partial charge in [-0.1, -0.05) is 18.2 Å². The highest BCUT2D eigenvalue weighted by Crippen LogP contribution is 2.18. The topological polar surface area (TPSA) is 91.1 Å². The molecule has 5 heteroatoms. The van der Waals surface area contributed by atoms with Gasteiger partial charge >= 0.3 is 0 Å². The molecule has 1 heterocycles.